The highest BCUT2D eigenvalue weighted by atomic mass is 79.9. The summed E-state index contributed by atoms with van der Waals surface area (Å²) in [5.74, 6) is -3.33. The summed E-state index contributed by atoms with van der Waals surface area (Å²) in [6.45, 7) is 1.52. The molecule has 5 heteroatoms. The fourth-order valence-corrected chi connectivity index (χ4v) is 1.34. The molecule has 0 unspecified atom stereocenters. The smallest absolute Gasteiger partial charge is 0.377 e. The van der Waals surface area contributed by atoms with Crippen LogP contribution in [-0.4, -0.2) is 16.9 Å². The molecule has 74 valence electrons. The summed E-state index contributed by atoms with van der Waals surface area (Å²) in [4.78, 5) is 21.3. The van der Waals surface area contributed by atoms with Gasteiger partial charge in [0.1, 0.15) is 5.82 Å². The summed E-state index contributed by atoms with van der Waals surface area (Å²) in [5.41, 5.74) is 0.166. The van der Waals surface area contributed by atoms with E-state index in [4.69, 9.17) is 5.11 Å². The lowest BCUT2D eigenvalue weighted by Gasteiger charge is -2.02. The lowest BCUT2D eigenvalue weighted by atomic mass is 10.1. The van der Waals surface area contributed by atoms with E-state index in [-0.39, 0.29) is 5.56 Å². The van der Waals surface area contributed by atoms with Crippen molar-refractivity contribution in [2.75, 3.05) is 0 Å². The third kappa shape index (κ3) is 1.98. The molecule has 0 aliphatic carbocycles. The fraction of sp³-hybridized carbons (Fsp3) is 0.111. The van der Waals surface area contributed by atoms with Crippen LogP contribution in [0, 0.1) is 12.7 Å². The quantitative estimate of drug-likeness (QED) is 0.655. The molecule has 0 spiro atoms. The molecule has 0 bridgehead atoms. The van der Waals surface area contributed by atoms with Crippen molar-refractivity contribution < 1.29 is 19.1 Å². The first kappa shape index (κ1) is 10.8. The predicted octanol–water partition coefficient (Wildman–Crippen LogP) is 2.16. The van der Waals surface area contributed by atoms with E-state index in [2.05, 4.69) is 15.9 Å². The van der Waals surface area contributed by atoms with Crippen LogP contribution in [0.5, 0.6) is 0 Å². The summed E-state index contributed by atoms with van der Waals surface area (Å²) in [6.07, 6.45) is 0. The van der Waals surface area contributed by atoms with Gasteiger partial charge in [0, 0.05) is 10.0 Å². The van der Waals surface area contributed by atoms with Gasteiger partial charge in [0.2, 0.25) is 0 Å². The molecule has 0 heterocycles. The summed E-state index contributed by atoms with van der Waals surface area (Å²) >= 11 is 3.03. The van der Waals surface area contributed by atoms with Gasteiger partial charge in [0.05, 0.1) is 0 Å². The van der Waals surface area contributed by atoms with Crippen LogP contribution in [0.4, 0.5) is 4.39 Å². The summed E-state index contributed by atoms with van der Waals surface area (Å²) in [5, 5.41) is 8.40. The van der Waals surface area contributed by atoms with E-state index in [0.717, 1.165) is 6.07 Å². The Labute approximate surface area is 87.7 Å². The summed E-state index contributed by atoms with van der Waals surface area (Å²) in [6, 6.07) is 2.20. The first-order chi connectivity index (χ1) is 6.43. The number of rotatable bonds is 2. The number of carbonyl (C=O) groups excluding carboxylic acids is 1. The molecule has 1 rings (SSSR count). The molecule has 1 N–H and O–H groups in total. The van der Waals surface area contributed by atoms with Gasteiger partial charge in [0.15, 0.2) is 0 Å². The highest BCUT2D eigenvalue weighted by molar-refractivity contribution is 9.10. The average molecular weight is 261 g/mol. The van der Waals surface area contributed by atoms with Gasteiger partial charge in [-0.15, -0.1) is 0 Å². The van der Waals surface area contributed by atoms with Crippen molar-refractivity contribution in [3.05, 3.63) is 33.5 Å². The minimum atomic E-state index is -1.60. The van der Waals surface area contributed by atoms with Crippen molar-refractivity contribution in [1.82, 2.24) is 0 Å². The van der Waals surface area contributed by atoms with E-state index in [1.54, 1.807) is 0 Å². The molecule has 1 aromatic carbocycles. The largest absolute Gasteiger partial charge is 0.475 e. The minimum absolute atomic E-state index is 0.174. The SMILES string of the molecule is Cc1c(F)cc(C(=O)C(=O)O)cc1Br. The standard InChI is InChI=1S/C9H6BrFO3/c1-4-6(10)2-5(3-7(4)11)8(12)9(13)14/h2-3H,1H3,(H,13,14). The number of halogens is 2. The second kappa shape index (κ2) is 3.88. The lowest BCUT2D eigenvalue weighted by molar-refractivity contribution is -0.131. The topological polar surface area (TPSA) is 54.4 Å². The molecule has 0 saturated carbocycles. The van der Waals surface area contributed by atoms with Gasteiger partial charge >= 0.3 is 5.97 Å². The van der Waals surface area contributed by atoms with E-state index in [0.29, 0.717) is 10.0 Å². The molecule has 3 nitrogen and oxygen atoms in total. The first-order valence-electron chi connectivity index (χ1n) is 3.66. The monoisotopic (exact) mass is 260 g/mol. The number of ketones is 1. The Morgan fingerprint density at radius 1 is 1.43 bits per heavy atom. The molecule has 14 heavy (non-hydrogen) atoms. The van der Waals surface area contributed by atoms with E-state index in [1.807, 2.05) is 0 Å². The molecule has 0 aliphatic rings. The number of carboxylic acids is 1. The molecule has 0 amide bonds. The fourth-order valence-electron chi connectivity index (χ4n) is 0.900. The second-order valence-electron chi connectivity index (χ2n) is 2.70. The molecule has 0 atom stereocenters. The first-order valence-corrected chi connectivity index (χ1v) is 4.46. The van der Waals surface area contributed by atoms with Crippen LogP contribution in [-0.2, 0) is 4.79 Å². The minimum Gasteiger partial charge on any atom is -0.475 e. The van der Waals surface area contributed by atoms with E-state index >= 15 is 0 Å². The molecule has 0 aromatic heterocycles. The molecule has 0 radical (unpaired) electrons. The van der Waals surface area contributed by atoms with Gasteiger partial charge in [0.25, 0.3) is 5.78 Å². The van der Waals surface area contributed by atoms with Crippen LogP contribution in [0.3, 0.4) is 0 Å². The third-order valence-electron chi connectivity index (χ3n) is 1.74. The maximum atomic E-state index is 13.1. The van der Waals surface area contributed by atoms with E-state index < -0.39 is 17.6 Å². The highest BCUT2D eigenvalue weighted by Gasteiger charge is 2.17. The number of carboxylic acid groups (broad SMARTS) is 1. The Balaban J connectivity index is 3.26. The molecular weight excluding hydrogens is 255 g/mol. The number of hydrogen-bond donors (Lipinski definition) is 1. The van der Waals surface area contributed by atoms with Gasteiger partial charge in [-0.3, -0.25) is 4.79 Å². The molecule has 0 fully saturated rings. The zero-order valence-electron chi connectivity index (χ0n) is 7.17. The van der Waals surface area contributed by atoms with Crippen LogP contribution in [0.25, 0.3) is 0 Å². The number of hydrogen-bond acceptors (Lipinski definition) is 2. The van der Waals surface area contributed by atoms with Gasteiger partial charge < -0.3 is 5.11 Å². The zero-order chi connectivity index (χ0) is 10.9. The number of carbonyl (C=O) groups is 2. The van der Waals surface area contributed by atoms with Crippen molar-refractivity contribution in [3.8, 4) is 0 Å². The van der Waals surface area contributed by atoms with Crippen molar-refractivity contribution in [3.63, 3.8) is 0 Å². The Morgan fingerprint density at radius 2 is 2.00 bits per heavy atom. The van der Waals surface area contributed by atoms with Crippen LogP contribution in [0.1, 0.15) is 15.9 Å². The van der Waals surface area contributed by atoms with Crippen molar-refractivity contribution in [2.45, 2.75) is 6.92 Å². The third-order valence-corrected chi connectivity index (χ3v) is 2.56. The Bertz CT molecular complexity index is 392. The number of Topliss-reactive ketones (excluding diaryl/α,β-unsaturated/α-hetero) is 1. The maximum absolute atomic E-state index is 13.1. The molecular formula is C9H6BrFO3. The van der Waals surface area contributed by atoms with Crippen LogP contribution >= 0.6 is 15.9 Å². The zero-order valence-corrected chi connectivity index (χ0v) is 8.76. The van der Waals surface area contributed by atoms with Crippen LogP contribution < -0.4 is 0 Å². The van der Waals surface area contributed by atoms with E-state index in [9.17, 15) is 14.0 Å². The highest BCUT2D eigenvalue weighted by Crippen LogP contribution is 2.21. The molecule has 0 aliphatic heterocycles. The van der Waals surface area contributed by atoms with Crippen LogP contribution in [0.15, 0.2) is 16.6 Å². The van der Waals surface area contributed by atoms with Gasteiger partial charge in [-0.05, 0) is 24.6 Å². The predicted molar refractivity (Wildman–Crippen MR) is 50.8 cm³/mol. The average Bonchev–Trinajstić information content (AvgIpc) is 2.12. The Kier molecular flexibility index (Phi) is 3.00. The van der Waals surface area contributed by atoms with Crippen LogP contribution in [0.2, 0.25) is 0 Å². The number of aliphatic carboxylic acids is 1. The molecule has 1 aromatic rings. The normalized spacial score (nSPS) is 9.93. The van der Waals surface area contributed by atoms with Crippen molar-refractivity contribution in [2.24, 2.45) is 0 Å². The van der Waals surface area contributed by atoms with Gasteiger partial charge in [-0.1, -0.05) is 15.9 Å². The lowest BCUT2D eigenvalue weighted by Crippen LogP contribution is -2.13. The number of benzene rings is 1. The van der Waals surface area contributed by atoms with Gasteiger partial charge in [-0.25, -0.2) is 9.18 Å². The summed E-state index contributed by atoms with van der Waals surface area (Å²) in [7, 11) is 0. The summed E-state index contributed by atoms with van der Waals surface area (Å²) < 4.78 is 13.5. The maximum Gasteiger partial charge on any atom is 0.377 e. The molecule has 0 saturated heterocycles. The van der Waals surface area contributed by atoms with E-state index in [1.165, 1.54) is 13.0 Å². The Hall–Kier alpha value is -1.23. The van der Waals surface area contributed by atoms with Crippen molar-refractivity contribution >= 4 is 27.7 Å². The van der Waals surface area contributed by atoms with Gasteiger partial charge in [-0.2, -0.15) is 0 Å². The second-order valence-corrected chi connectivity index (χ2v) is 3.55. The Morgan fingerprint density at radius 3 is 2.43 bits per heavy atom. The van der Waals surface area contributed by atoms with Crippen molar-refractivity contribution in [1.29, 1.82) is 0 Å².